The lowest BCUT2D eigenvalue weighted by atomic mass is 9.96. The van der Waals surface area contributed by atoms with Gasteiger partial charge >= 0.3 is 11.9 Å². The fourth-order valence-electron chi connectivity index (χ4n) is 3.53. The van der Waals surface area contributed by atoms with Crippen LogP contribution in [-0.4, -0.2) is 44.7 Å². The fourth-order valence-corrected chi connectivity index (χ4v) is 3.53. The van der Waals surface area contributed by atoms with Crippen LogP contribution < -0.4 is 10.2 Å². The van der Waals surface area contributed by atoms with Crippen molar-refractivity contribution < 1.29 is 23.9 Å². The van der Waals surface area contributed by atoms with Crippen molar-refractivity contribution in [2.45, 2.75) is 25.8 Å². The molecule has 2 aromatic rings. The minimum Gasteiger partial charge on any atom is -0.465 e. The van der Waals surface area contributed by atoms with Crippen LogP contribution in [-0.2, 0) is 20.7 Å². The summed E-state index contributed by atoms with van der Waals surface area (Å²) in [6.07, 6.45) is 1.95. The summed E-state index contributed by atoms with van der Waals surface area (Å²) in [7, 11) is 2.50. The maximum absolute atomic E-state index is 12.8. The molecule has 0 unspecified atom stereocenters. The first kappa shape index (κ1) is 20.4. The Balaban J connectivity index is 1.82. The number of carbonyl (C=O) groups is 3. The third-order valence-electron chi connectivity index (χ3n) is 5.04. The zero-order chi connectivity index (χ0) is 21.0. The smallest absolute Gasteiger partial charge is 0.337 e. The first-order chi connectivity index (χ1) is 13.9. The van der Waals surface area contributed by atoms with Crippen molar-refractivity contribution >= 4 is 29.2 Å². The molecule has 1 N–H and O–H groups in total. The molecular formula is C22H24N2O5. The maximum Gasteiger partial charge on any atom is 0.337 e. The van der Waals surface area contributed by atoms with E-state index in [0.29, 0.717) is 5.69 Å². The van der Waals surface area contributed by atoms with Crippen molar-refractivity contribution in [3.05, 3.63) is 59.2 Å². The molecule has 7 nitrogen and oxygen atoms in total. The third kappa shape index (κ3) is 4.56. The number of anilines is 2. The number of fused-ring (bicyclic) bond motifs is 1. The van der Waals surface area contributed by atoms with Crippen molar-refractivity contribution in [1.82, 2.24) is 0 Å². The minimum absolute atomic E-state index is 0.155. The van der Waals surface area contributed by atoms with E-state index < -0.39 is 11.9 Å². The number of aryl methyl sites for hydroxylation is 1. The first-order valence-electron chi connectivity index (χ1n) is 9.39. The van der Waals surface area contributed by atoms with E-state index in [1.165, 1.54) is 38.0 Å². The fraction of sp³-hybridized carbons (Fsp3) is 0.318. The summed E-state index contributed by atoms with van der Waals surface area (Å²) in [5, 5.41) is 2.78. The average Bonchev–Trinajstić information content (AvgIpc) is 2.74. The largest absolute Gasteiger partial charge is 0.465 e. The van der Waals surface area contributed by atoms with E-state index in [-0.39, 0.29) is 29.6 Å². The summed E-state index contributed by atoms with van der Waals surface area (Å²) in [6.45, 7) is 2.25. The molecule has 1 atom stereocenters. The van der Waals surface area contributed by atoms with Crippen molar-refractivity contribution in [3.63, 3.8) is 0 Å². The summed E-state index contributed by atoms with van der Waals surface area (Å²) >= 11 is 0. The summed E-state index contributed by atoms with van der Waals surface area (Å²) in [6, 6.07) is 12.6. The zero-order valence-corrected chi connectivity index (χ0v) is 16.7. The number of para-hydroxylation sites is 1. The maximum atomic E-state index is 12.8. The number of amides is 1. The third-order valence-corrected chi connectivity index (χ3v) is 5.04. The Hall–Kier alpha value is -3.35. The van der Waals surface area contributed by atoms with E-state index in [1.54, 1.807) is 0 Å². The van der Waals surface area contributed by atoms with Gasteiger partial charge in [-0.1, -0.05) is 18.2 Å². The van der Waals surface area contributed by atoms with E-state index in [9.17, 15) is 14.4 Å². The average molecular weight is 396 g/mol. The van der Waals surface area contributed by atoms with Gasteiger partial charge < -0.3 is 19.7 Å². The van der Waals surface area contributed by atoms with Gasteiger partial charge in [0.25, 0.3) is 0 Å². The molecule has 3 rings (SSSR count). The molecular weight excluding hydrogens is 372 g/mol. The number of carbonyl (C=O) groups excluding carboxylic acids is 3. The zero-order valence-electron chi connectivity index (χ0n) is 16.7. The second kappa shape index (κ2) is 8.77. The molecule has 0 radical (unpaired) electrons. The quantitative estimate of drug-likeness (QED) is 0.782. The standard InChI is InChI=1S/C22H24N2O5/c1-14-8-9-15-6-4-5-7-19(15)24(14)13-20(25)23-18-11-16(21(26)28-2)10-17(12-18)22(27)29-3/h4-7,10-12,14H,8-9,13H2,1-3H3,(H,23,25)/t14-/m0/s1. The summed E-state index contributed by atoms with van der Waals surface area (Å²) in [4.78, 5) is 38.7. The topological polar surface area (TPSA) is 84.9 Å². The number of nitrogens with zero attached hydrogens (tertiary/aromatic N) is 1. The van der Waals surface area contributed by atoms with Gasteiger partial charge in [0.2, 0.25) is 5.91 Å². The van der Waals surface area contributed by atoms with Crippen LogP contribution >= 0.6 is 0 Å². The highest BCUT2D eigenvalue weighted by atomic mass is 16.5. The van der Waals surface area contributed by atoms with Crippen molar-refractivity contribution in [3.8, 4) is 0 Å². The normalized spacial score (nSPS) is 15.3. The van der Waals surface area contributed by atoms with Gasteiger partial charge in [-0.15, -0.1) is 0 Å². The van der Waals surface area contributed by atoms with Crippen LogP contribution in [0.5, 0.6) is 0 Å². The van der Waals surface area contributed by atoms with Gasteiger partial charge in [-0.2, -0.15) is 0 Å². The highest BCUT2D eigenvalue weighted by molar-refractivity contribution is 6.00. The Morgan fingerprint density at radius 1 is 1.03 bits per heavy atom. The lowest BCUT2D eigenvalue weighted by molar-refractivity contribution is -0.115. The van der Waals surface area contributed by atoms with Gasteiger partial charge in [0.05, 0.1) is 31.9 Å². The molecule has 2 aromatic carbocycles. The molecule has 152 valence electrons. The van der Waals surface area contributed by atoms with Gasteiger partial charge in [-0.05, 0) is 49.6 Å². The van der Waals surface area contributed by atoms with Crippen molar-refractivity contribution in [2.75, 3.05) is 31.0 Å². The molecule has 29 heavy (non-hydrogen) atoms. The number of methoxy groups -OCH3 is 2. The minimum atomic E-state index is -0.607. The predicted octanol–water partition coefficient (Wildman–Crippen LogP) is 3.04. The number of hydrogen-bond acceptors (Lipinski definition) is 6. The highest BCUT2D eigenvalue weighted by Crippen LogP contribution is 2.30. The molecule has 7 heteroatoms. The van der Waals surface area contributed by atoms with Gasteiger partial charge in [0, 0.05) is 17.4 Å². The molecule has 0 fully saturated rings. The van der Waals surface area contributed by atoms with Crippen molar-refractivity contribution in [2.24, 2.45) is 0 Å². The lowest BCUT2D eigenvalue weighted by Gasteiger charge is -2.36. The van der Waals surface area contributed by atoms with Crippen LogP contribution in [0.2, 0.25) is 0 Å². The molecule has 1 amide bonds. The van der Waals surface area contributed by atoms with E-state index in [0.717, 1.165) is 18.5 Å². The van der Waals surface area contributed by atoms with Gasteiger partial charge in [0.1, 0.15) is 0 Å². The van der Waals surface area contributed by atoms with Crippen LogP contribution in [0, 0.1) is 0 Å². The molecule has 1 aliphatic rings. The van der Waals surface area contributed by atoms with Crippen LogP contribution in [0.3, 0.4) is 0 Å². The molecule has 0 aromatic heterocycles. The van der Waals surface area contributed by atoms with Crippen LogP contribution in [0.4, 0.5) is 11.4 Å². The Bertz CT molecular complexity index is 906. The molecule has 1 aliphatic heterocycles. The van der Waals surface area contributed by atoms with Gasteiger partial charge in [-0.25, -0.2) is 9.59 Å². The van der Waals surface area contributed by atoms with Gasteiger partial charge in [0.15, 0.2) is 0 Å². The number of nitrogens with one attached hydrogen (secondary N) is 1. The molecule has 0 spiro atoms. The molecule has 0 aliphatic carbocycles. The number of rotatable bonds is 5. The molecule has 1 heterocycles. The Morgan fingerprint density at radius 2 is 1.66 bits per heavy atom. The lowest BCUT2D eigenvalue weighted by Crippen LogP contribution is -2.42. The summed E-state index contributed by atoms with van der Waals surface area (Å²) < 4.78 is 9.45. The Morgan fingerprint density at radius 3 is 2.28 bits per heavy atom. The predicted molar refractivity (Wildman–Crippen MR) is 109 cm³/mol. The van der Waals surface area contributed by atoms with E-state index in [4.69, 9.17) is 9.47 Å². The molecule has 0 saturated carbocycles. The second-order valence-electron chi connectivity index (χ2n) is 6.97. The number of ether oxygens (including phenoxy) is 2. The van der Waals surface area contributed by atoms with Gasteiger partial charge in [-0.3, -0.25) is 4.79 Å². The molecule has 0 bridgehead atoms. The molecule has 0 saturated heterocycles. The van der Waals surface area contributed by atoms with Crippen LogP contribution in [0.1, 0.15) is 39.6 Å². The van der Waals surface area contributed by atoms with Crippen molar-refractivity contribution in [1.29, 1.82) is 0 Å². The van der Waals surface area contributed by atoms with Crippen LogP contribution in [0.15, 0.2) is 42.5 Å². The summed E-state index contributed by atoms with van der Waals surface area (Å²) in [5.41, 5.74) is 2.92. The number of esters is 2. The van der Waals surface area contributed by atoms with E-state index in [1.807, 2.05) is 18.2 Å². The Labute approximate surface area is 169 Å². The monoisotopic (exact) mass is 396 g/mol. The van der Waals surface area contributed by atoms with E-state index in [2.05, 4.69) is 23.2 Å². The SMILES string of the molecule is COC(=O)c1cc(NC(=O)CN2c3ccccc3CC[C@@H]2C)cc(C(=O)OC)c1. The van der Waals surface area contributed by atoms with E-state index >= 15 is 0 Å². The number of benzene rings is 2. The second-order valence-corrected chi connectivity index (χ2v) is 6.97. The van der Waals surface area contributed by atoms with Crippen LogP contribution in [0.25, 0.3) is 0 Å². The Kier molecular flexibility index (Phi) is 6.16. The highest BCUT2D eigenvalue weighted by Gasteiger charge is 2.25. The number of hydrogen-bond donors (Lipinski definition) is 1. The summed E-state index contributed by atoms with van der Waals surface area (Å²) in [5.74, 6) is -1.46. The first-order valence-corrected chi connectivity index (χ1v) is 9.39.